The Morgan fingerprint density at radius 1 is 1.35 bits per heavy atom. The molecule has 0 amide bonds. The summed E-state index contributed by atoms with van der Waals surface area (Å²) in [6.07, 6.45) is 0. The van der Waals surface area contributed by atoms with Crippen LogP contribution in [0.15, 0.2) is 19.8 Å². The van der Waals surface area contributed by atoms with Gasteiger partial charge in [0.05, 0.1) is 27.1 Å². The van der Waals surface area contributed by atoms with Gasteiger partial charge in [-0.2, -0.15) is 8.73 Å². The van der Waals surface area contributed by atoms with Crippen molar-refractivity contribution >= 4 is 57.6 Å². The van der Waals surface area contributed by atoms with Gasteiger partial charge in [0.2, 0.25) is 5.96 Å². The number of hydrogen-bond acceptors (Lipinski definition) is 4. The van der Waals surface area contributed by atoms with Crippen LogP contribution in [0.25, 0.3) is 0 Å². The average Bonchev–Trinajstić information content (AvgIpc) is 2.79. The molecule has 9 heteroatoms. The quantitative estimate of drug-likeness (QED) is 0.326. The van der Waals surface area contributed by atoms with E-state index in [2.05, 4.69) is 24.5 Å². The number of hydrogen-bond donors (Lipinski definition) is 3. The smallest absolute Gasteiger partial charge is 0.210 e. The largest absolute Gasteiger partial charge is 0.322 e. The van der Waals surface area contributed by atoms with Crippen molar-refractivity contribution in [3.63, 3.8) is 0 Å². The first kappa shape index (κ1) is 12.3. The Bertz CT molecular complexity index is 564. The van der Waals surface area contributed by atoms with Crippen LogP contribution < -0.4 is 16.6 Å². The third-order valence-electron chi connectivity index (χ3n) is 2.05. The number of fused-ring (bicyclic) bond motifs is 1. The Morgan fingerprint density at radius 3 is 2.71 bits per heavy atom. The summed E-state index contributed by atoms with van der Waals surface area (Å²) < 4.78 is 8.22. The van der Waals surface area contributed by atoms with Crippen molar-refractivity contribution in [2.45, 2.75) is 0 Å². The molecule has 1 aliphatic heterocycles. The molecule has 0 spiro atoms. The van der Waals surface area contributed by atoms with Crippen LogP contribution in [0, 0.1) is 0 Å². The Kier molecular flexibility index (Phi) is 3.63. The van der Waals surface area contributed by atoms with Gasteiger partial charge in [0.25, 0.3) is 0 Å². The molecule has 1 aromatic carbocycles. The number of rotatable bonds is 1. The van der Waals surface area contributed by atoms with E-state index < -0.39 is 0 Å². The molecular weight excluding hydrogens is 283 g/mol. The minimum Gasteiger partial charge on any atom is -0.322 e. The summed E-state index contributed by atoms with van der Waals surface area (Å²) in [7, 11) is 1.59. The van der Waals surface area contributed by atoms with Crippen LogP contribution in [-0.2, 0) is 11.4 Å². The van der Waals surface area contributed by atoms with Crippen LogP contribution >= 0.6 is 23.2 Å². The van der Waals surface area contributed by atoms with Crippen molar-refractivity contribution in [3.05, 3.63) is 16.1 Å². The van der Waals surface area contributed by atoms with E-state index in [4.69, 9.17) is 29.0 Å². The number of hydrazine groups is 1. The highest BCUT2D eigenvalue weighted by atomic mass is 35.5. The predicted molar refractivity (Wildman–Crippen MR) is 72.3 cm³/mol. The Hall–Kier alpha value is -1.15. The van der Waals surface area contributed by atoms with Crippen LogP contribution in [0.5, 0.6) is 0 Å². The molecule has 0 bridgehead atoms. The number of anilines is 1. The van der Waals surface area contributed by atoms with E-state index in [9.17, 15) is 0 Å². The highest BCUT2D eigenvalue weighted by Crippen LogP contribution is 2.47. The Labute approximate surface area is 111 Å². The van der Waals surface area contributed by atoms with E-state index >= 15 is 0 Å². The molecule has 0 radical (unpaired) electrons. The second-order valence-corrected chi connectivity index (χ2v) is 4.36. The van der Waals surface area contributed by atoms with E-state index in [1.807, 2.05) is 0 Å². The van der Waals surface area contributed by atoms with E-state index in [-0.39, 0.29) is 0 Å². The summed E-state index contributed by atoms with van der Waals surface area (Å²) in [5.41, 5.74) is 4.15. The maximum absolute atomic E-state index is 6.09. The molecule has 0 fully saturated rings. The molecule has 0 aliphatic carbocycles. The maximum Gasteiger partial charge on any atom is 0.210 e. The fourth-order valence-electron chi connectivity index (χ4n) is 1.27. The number of nitrogens with zero attached hydrogens (tertiary/aromatic N) is 3. The summed E-state index contributed by atoms with van der Waals surface area (Å²) in [4.78, 5) is 3.89. The second-order valence-electron chi connectivity index (χ2n) is 3.02. The van der Waals surface area contributed by atoms with Crippen molar-refractivity contribution in [3.8, 4) is 0 Å². The molecule has 0 unspecified atom stereocenters. The molecule has 0 aromatic heterocycles. The molecule has 17 heavy (non-hydrogen) atoms. The molecule has 6 nitrogen and oxygen atoms in total. The standard InChI is InChI=1S/C8H8Cl2N6S/c1-12-8(14-11)13-5-3(9)2-4(10)6-7(5)16-17-15-6/h2H,11H2,1H3,(H2,12,13,14). The fraction of sp³-hybridized carbons (Fsp3) is 0.125. The second kappa shape index (κ2) is 5.01. The van der Waals surface area contributed by atoms with Crippen LogP contribution in [0.4, 0.5) is 17.1 Å². The molecule has 1 aliphatic rings. The topological polar surface area (TPSA) is 87.2 Å². The SMILES string of the molecule is CN=C(NN)Nc1c(Cl)cc(Cl)c2c1N=S=N2. The lowest BCUT2D eigenvalue weighted by Crippen LogP contribution is -2.36. The van der Waals surface area contributed by atoms with Gasteiger partial charge in [-0.3, -0.25) is 10.4 Å². The minimum absolute atomic E-state index is 0.364. The number of halogens is 2. The number of nitrogens with one attached hydrogen (secondary N) is 2. The third-order valence-corrected chi connectivity index (χ3v) is 3.16. The lowest BCUT2D eigenvalue weighted by molar-refractivity contribution is 1.01. The summed E-state index contributed by atoms with van der Waals surface area (Å²) >= 11 is 13.1. The van der Waals surface area contributed by atoms with Gasteiger partial charge < -0.3 is 5.32 Å². The lowest BCUT2D eigenvalue weighted by Gasteiger charge is -2.12. The van der Waals surface area contributed by atoms with Crippen molar-refractivity contribution in [1.29, 1.82) is 0 Å². The van der Waals surface area contributed by atoms with Crippen LogP contribution in [-0.4, -0.2) is 13.0 Å². The number of guanidine groups is 1. The van der Waals surface area contributed by atoms with E-state index in [0.717, 1.165) is 11.4 Å². The molecule has 0 saturated heterocycles. The Morgan fingerprint density at radius 2 is 2.06 bits per heavy atom. The highest BCUT2D eigenvalue weighted by Gasteiger charge is 2.19. The molecule has 0 saturated carbocycles. The summed E-state index contributed by atoms with van der Waals surface area (Å²) in [6.45, 7) is 0. The molecule has 0 atom stereocenters. The third kappa shape index (κ3) is 2.27. The van der Waals surface area contributed by atoms with Gasteiger partial charge in [0, 0.05) is 7.05 Å². The van der Waals surface area contributed by atoms with Gasteiger partial charge >= 0.3 is 0 Å². The first-order valence-corrected chi connectivity index (χ1v) is 5.96. The zero-order valence-electron chi connectivity index (χ0n) is 8.66. The monoisotopic (exact) mass is 290 g/mol. The summed E-state index contributed by atoms with van der Waals surface area (Å²) in [5.74, 6) is 5.65. The first-order valence-electron chi connectivity index (χ1n) is 4.48. The molecule has 4 N–H and O–H groups in total. The van der Waals surface area contributed by atoms with Gasteiger partial charge in [0.1, 0.15) is 11.4 Å². The maximum atomic E-state index is 6.09. The molecular formula is C8H8Cl2N6S. The predicted octanol–water partition coefficient (Wildman–Crippen LogP) is 2.58. The van der Waals surface area contributed by atoms with Crippen LogP contribution in [0.1, 0.15) is 0 Å². The zero-order valence-corrected chi connectivity index (χ0v) is 11.0. The van der Waals surface area contributed by atoms with Crippen LogP contribution in [0.2, 0.25) is 10.0 Å². The van der Waals surface area contributed by atoms with Crippen LogP contribution in [0.3, 0.4) is 0 Å². The molecule has 1 aromatic rings. The van der Waals surface area contributed by atoms with Gasteiger partial charge in [-0.25, -0.2) is 5.84 Å². The fourth-order valence-corrected chi connectivity index (χ4v) is 2.43. The van der Waals surface area contributed by atoms with E-state index in [0.29, 0.717) is 33.1 Å². The number of aliphatic imine (C=N–C) groups is 1. The average molecular weight is 291 g/mol. The normalized spacial score (nSPS) is 13.3. The summed E-state index contributed by atoms with van der Waals surface area (Å²) in [6, 6.07) is 1.60. The van der Waals surface area contributed by atoms with E-state index in [1.54, 1.807) is 13.1 Å². The van der Waals surface area contributed by atoms with Crippen molar-refractivity contribution in [2.24, 2.45) is 19.6 Å². The zero-order chi connectivity index (χ0) is 12.4. The Balaban J connectivity index is 2.49. The molecule has 2 rings (SSSR count). The molecule has 90 valence electrons. The lowest BCUT2D eigenvalue weighted by atomic mass is 10.2. The van der Waals surface area contributed by atoms with Gasteiger partial charge in [-0.1, -0.05) is 23.2 Å². The molecule has 1 heterocycles. The van der Waals surface area contributed by atoms with Gasteiger partial charge in [-0.15, -0.1) is 0 Å². The highest BCUT2D eigenvalue weighted by molar-refractivity contribution is 7.58. The van der Waals surface area contributed by atoms with Crippen molar-refractivity contribution in [1.82, 2.24) is 5.43 Å². The number of nitrogens with two attached hydrogens (primary N) is 1. The van der Waals surface area contributed by atoms with E-state index in [1.165, 1.54) is 0 Å². The first-order chi connectivity index (χ1) is 8.17. The van der Waals surface area contributed by atoms with Gasteiger partial charge in [0.15, 0.2) is 0 Å². The summed E-state index contributed by atoms with van der Waals surface area (Å²) in [5, 5.41) is 3.81. The minimum atomic E-state index is 0.364. The van der Waals surface area contributed by atoms with Gasteiger partial charge in [-0.05, 0) is 6.07 Å². The van der Waals surface area contributed by atoms with Crippen molar-refractivity contribution < 1.29 is 0 Å². The van der Waals surface area contributed by atoms with Crippen molar-refractivity contribution in [2.75, 3.05) is 12.4 Å². The number of benzene rings is 1.